The van der Waals surface area contributed by atoms with Crippen molar-refractivity contribution in [2.24, 2.45) is 12.0 Å². The van der Waals surface area contributed by atoms with Crippen molar-refractivity contribution in [1.82, 2.24) is 14.5 Å². The Kier molecular flexibility index (Phi) is 4.12. The number of aryl methyl sites for hydroxylation is 2. The van der Waals surface area contributed by atoms with Gasteiger partial charge in [-0.15, -0.1) is 0 Å². The van der Waals surface area contributed by atoms with Crippen LogP contribution < -0.4 is 0 Å². The number of carbonyl (C=O) groups excluding carboxylic acids is 1. The fourth-order valence-electron chi connectivity index (χ4n) is 2.97. The van der Waals surface area contributed by atoms with E-state index in [-0.39, 0.29) is 5.91 Å². The Balaban J connectivity index is 1.72. The first-order valence-corrected chi connectivity index (χ1v) is 9.08. The van der Waals surface area contributed by atoms with E-state index in [1.807, 2.05) is 56.6 Å². The molecule has 0 atom stereocenters. The number of pyridine rings is 1. The molecule has 0 aliphatic carbocycles. The van der Waals surface area contributed by atoms with Gasteiger partial charge in [-0.05, 0) is 43.0 Å². The monoisotopic (exact) mass is 362 g/mol. The third kappa shape index (κ3) is 2.93. The summed E-state index contributed by atoms with van der Waals surface area (Å²) in [7, 11) is 3.75. The molecule has 0 radical (unpaired) electrons. The molecular formula is C20H18N4OS. The lowest BCUT2D eigenvalue weighted by Gasteiger charge is -2.06. The smallest absolute Gasteiger partial charge is 0.266 e. The number of fused-ring (bicyclic) bond motifs is 1. The highest BCUT2D eigenvalue weighted by Gasteiger charge is 2.30. The second-order valence-electron chi connectivity index (χ2n) is 6.22. The zero-order chi connectivity index (χ0) is 18.3. The van der Waals surface area contributed by atoms with Gasteiger partial charge in [-0.25, -0.2) is 9.98 Å². The van der Waals surface area contributed by atoms with E-state index < -0.39 is 0 Å². The first kappa shape index (κ1) is 16.6. The van der Waals surface area contributed by atoms with Crippen LogP contribution >= 0.6 is 11.8 Å². The summed E-state index contributed by atoms with van der Waals surface area (Å²) < 4.78 is 2.07. The zero-order valence-electron chi connectivity index (χ0n) is 14.8. The van der Waals surface area contributed by atoms with Gasteiger partial charge in [0.15, 0.2) is 11.0 Å². The largest absolute Gasteiger partial charge is 0.350 e. The van der Waals surface area contributed by atoms with E-state index in [1.165, 1.54) is 11.8 Å². The number of benzene rings is 1. The first-order chi connectivity index (χ1) is 12.5. The van der Waals surface area contributed by atoms with Gasteiger partial charge in [-0.1, -0.05) is 24.3 Å². The topological polar surface area (TPSA) is 50.5 Å². The lowest BCUT2D eigenvalue weighted by atomic mass is 10.1. The van der Waals surface area contributed by atoms with Gasteiger partial charge in [-0.3, -0.25) is 9.69 Å². The van der Waals surface area contributed by atoms with Crippen molar-refractivity contribution in [3.63, 3.8) is 0 Å². The molecule has 6 heteroatoms. The second-order valence-corrected chi connectivity index (χ2v) is 7.23. The van der Waals surface area contributed by atoms with Crippen LogP contribution in [-0.2, 0) is 11.8 Å². The molecule has 1 saturated heterocycles. The predicted octanol–water partition coefficient (Wildman–Crippen LogP) is 4.12. The van der Waals surface area contributed by atoms with Crippen molar-refractivity contribution in [2.75, 3.05) is 7.05 Å². The van der Waals surface area contributed by atoms with E-state index in [9.17, 15) is 4.79 Å². The van der Waals surface area contributed by atoms with Crippen molar-refractivity contribution >= 4 is 45.6 Å². The molecule has 0 unspecified atom stereocenters. The Labute approximate surface area is 156 Å². The first-order valence-electron chi connectivity index (χ1n) is 8.27. The van der Waals surface area contributed by atoms with Crippen molar-refractivity contribution < 1.29 is 4.79 Å². The summed E-state index contributed by atoms with van der Waals surface area (Å²) >= 11 is 1.38. The number of aromatic nitrogens is 2. The molecule has 0 bridgehead atoms. The Bertz CT molecular complexity index is 1080. The zero-order valence-corrected chi connectivity index (χ0v) is 15.6. The molecule has 1 amide bonds. The van der Waals surface area contributed by atoms with Crippen LogP contribution in [0.2, 0.25) is 0 Å². The molecular weight excluding hydrogens is 344 g/mol. The minimum Gasteiger partial charge on any atom is -0.350 e. The second kappa shape index (κ2) is 6.46. The average molecular weight is 362 g/mol. The maximum absolute atomic E-state index is 12.6. The van der Waals surface area contributed by atoms with Gasteiger partial charge in [0.2, 0.25) is 0 Å². The molecule has 3 heterocycles. The highest BCUT2D eigenvalue weighted by Crippen LogP contribution is 2.34. The van der Waals surface area contributed by atoms with E-state index in [4.69, 9.17) is 0 Å². The van der Waals surface area contributed by atoms with Gasteiger partial charge >= 0.3 is 0 Å². The minimum atomic E-state index is -0.0469. The van der Waals surface area contributed by atoms with Crippen LogP contribution in [0.15, 0.2) is 58.6 Å². The number of para-hydroxylation sites is 1. The molecule has 3 aromatic rings. The summed E-state index contributed by atoms with van der Waals surface area (Å²) in [5.74, 6) is 0.563. The number of nitrogens with zero attached hydrogens (tertiary/aromatic N) is 4. The van der Waals surface area contributed by atoms with Crippen LogP contribution in [0.1, 0.15) is 11.3 Å². The molecule has 1 aliphatic heterocycles. The number of amides is 1. The van der Waals surface area contributed by atoms with Crippen LogP contribution in [0.25, 0.3) is 17.0 Å². The average Bonchev–Trinajstić information content (AvgIpc) is 3.08. The van der Waals surface area contributed by atoms with E-state index >= 15 is 0 Å². The normalized spacial score (nSPS) is 17.8. The Morgan fingerprint density at radius 2 is 1.92 bits per heavy atom. The Morgan fingerprint density at radius 1 is 1.12 bits per heavy atom. The van der Waals surface area contributed by atoms with Crippen molar-refractivity contribution in [3.05, 3.63) is 64.8 Å². The fourth-order valence-corrected chi connectivity index (χ4v) is 3.94. The van der Waals surface area contributed by atoms with Crippen LogP contribution in [0.4, 0.5) is 5.82 Å². The van der Waals surface area contributed by atoms with Crippen LogP contribution in [0, 0.1) is 6.92 Å². The van der Waals surface area contributed by atoms with Gasteiger partial charge in [0.05, 0.1) is 4.91 Å². The standard InChI is InChI=1S/C20H18N4OS/c1-13-7-6-10-18(21-13)22-20-24(3)19(25)17(26-20)11-14-12-23(2)16-9-5-4-8-15(14)16/h4-12H,1-3H3/b17-11-,22-20+. The third-order valence-electron chi connectivity index (χ3n) is 4.30. The van der Waals surface area contributed by atoms with Gasteiger partial charge in [0.25, 0.3) is 5.91 Å². The van der Waals surface area contributed by atoms with Crippen LogP contribution in [-0.4, -0.2) is 32.6 Å². The Hall–Kier alpha value is -2.86. The highest BCUT2D eigenvalue weighted by molar-refractivity contribution is 8.18. The molecule has 0 N–H and O–H groups in total. The van der Waals surface area contributed by atoms with Crippen molar-refractivity contribution in [2.45, 2.75) is 6.92 Å². The number of rotatable bonds is 2. The number of likely N-dealkylation sites (N-methyl/N-ethyl adjacent to an activating group) is 1. The molecule has 1 aliphatic rings. The van der Waals surface area contributed by atoms with Crippen LogP contribution in [0.3, 0.4) is 0 Å². The van der Waals surface area contributed by atoms with E-state index in [0.717, 1.165) is 22.2 Å². The van der Waals surface area contributed by atoms with E-state index in [1.54, 1.807) is 11.9 Å². The summed E-state index contributed by atoms with van der Waals surface area (Å²) in [5, 5.41) is 1.77. The molecule has 0 spiro atoms. The maximum atomic E-state index is 12.6. The maximum Gasteiger partial charge on any atom is 0.266 e. The number of aliphatic imine (C=N–C) groups is 1. The molecule has 0 saturated carbocycles. The number of hydrogen-bond donors (Lipinski definition) is 0. The predicted molar refractivity (Wildman–Crippen MR) is 107 cm³/mol. The molecule has 2 aromatic heterocycles. The molecule has 4 rings (SSSR count). The number of carbonyl (C=O) groups is 1. The summed E-state index contributed by atoms with van der Waals surface area (Å²) in [6.07, 6.45) is 3.99. The van der Waals surface area contributed by atoms with Gasteiger partial charge in [0, 0.05) is 42.5 Å². The Morgan fingerprint density at radius 3 is 2.73 bits per heavy atom. The van der Waals surface area contributed by atoms with Gasteiger partial charge in [-0.2, -0.15) is 0 Å². The van der Waals surface area contributed by atoms with Crippen LogP contribution in [0.5, 0.6) is 0 Å². The number of thioether (sulfide) groups is 1. The molecule has 130 valence electrons. The summed E-state index contributed by atoms with van der Waals surface area (Å²) in [6, 6.07) is 13.8. The highest BCUT2D eigenvalue weighted by atomic mass is 32.2. The summed E-state index contributed by atoms with van der Waals surface area (Å²) in [4.78, 5) is 23.8. The van der Waals surface area contributed by atoms with E-state index in [2.05, 4.69) is 26.7 Å². The molecule has 26 heavy (non-hydrogen) atoms. The van der Waals surface area contributed by atoms with Crippen molar-refractivity contribution in [3.8, 4) is 0 Å². The van der Waals surface area contributed by atoms with Gasteiger partial charge in [0.1, 0.15) is 0 Å². The molecule has 1 fully saturated rings. The minimum absolute atomic E-state index is 0.0469. The lowest BCUT2D eigenvalue weighted by Crippen LogP contribution is -2.23. The third-order valence-corrected chi connectivity index (χ3v) is 5.36. The molecule has 1 aromatic carbocycles. The van der Waals surface area contributed by atoms with Gasteiger partial charge < -0.3 is 4.57 Å². The summed E-state index contributed by atoms with van der Waals surface area (Å²) in [5.41, 5.74) is 3.07. The summed E-state index contributed by atoms with van der Waals surface area (Å²) in [6.45, 7) is 1.92. The van der Waals surface area contributed by atoms with E-state index in [0.29, 0.717) is 15.9 Å². The SMILES string of the molecule is Cc1cccc(/N=C2/S/C(=C\c3cn(C)c4ccccc34)C(=O)N2C)n1. The number of amidine groups is 1. The van der Waals surface area contributed by atoms with Crippen molar-refractivity contribution in [1.29, 1.82) is 0 Å². The lowest BCUT2D eigenvalue weighted by molar-refractivity contribution is -0.121. The quantitative estimate of drug-likeness (QED) is 0.645. The fraction of sp³-hybridized carbons (Fsp3) is 0.150. The number of hydrogen-bond acceptors (Lipinski definition) is 4. The molecule has 5 nitrogen and oxygen atoms in total.